The van der Waals surface area contributed by atoms with Gasteiger partial charge in [0.25, 0.3) is 5.91 Å². The van der Waals surface area contributed by atoms with E-state index >= 15 is 0 Å². The van der Waals surface area contributed by atoms with Gasteiger partial charge in [0, 0.05) is 18.2 Å². The lowest BCUT2D eigenvalue weighted by Crippen LogP contribution is -2.36. The van der Waals surface area contributed by atoms with Gasteiger partial charge in [0.2, 0.25) is 0 Å². The molecular weight excluding hydrogens is 310 g/mol. The number of nitrogens with zero attached hydrogens (tertiary/aromatic N) is 1. The van der Waals surface area contributed by atoms with Crippen LogP contribution in [0.4, 0.5) is 0 Å². The summed E-state index contributed by atoms with van der Waals surface area (Å²) in [5, 5.41) is 8.99. The summed E-state index contributed by atoms with van der Waals surface area (Å²) in [5.41, 5.74) is 0.493. The number of hydrogen-bond donors (Lipinski definition) is 1. The van der Waals surface area contributed by atoms with Crippen molar-refractivity contribution in [2.24, 2.45) is 0 Å². The fourth-order valence-electron chi connectivity index (χ4n) is 2.93. The molecule has 0 aromatic heterocycles. The molecule has 6 nitrogen and oxygen atoms in total. The molecule has 1 aliphatic rings. The van der Waals surface area contributed by atoms with Crippen LogP contribution in [-0.4, -0.2) is 48.2 Å². The van der Waals surface area contributed by atoms with E-state index in [0.717, 1.165) is 25.7 Å². The highest BCUT2D eigenvalue weighted by molar-refractivity contribution is 5.95. The van der Waals surface area contributed by atoms with Crippen LogP contribution in [-0.2, 0) is 4.79 Å². The zero-order chi connectivity index (χ0) is 17.5. The Morgan fingerprint density at radius 2 is 2.12 bits per heavy atom. The highest BCUT2D eigenvalue weighted by Gasteiger charge is 2.31. The van der Waals surface area contributed by atoms with Gasteiger partial charge < -0.3 is 19.5 Å². The first-order valence-electron chi connectivity index (χ1n) is 8.40. The first kappa shape index (κ1) is 18.1. The van der Waals surface area contributed by atoms with Crippen molar-refractivity contribution in [2.45, 2.75) is 45.1 Å². The second-order valence-electron chi connectivity index (χ2n) is 5.96. The van der Waals surface area contributed by atoms with E-state index in [-0.39, 0.29) is 18.4 Å². The molecule has 0 saturated carbocycles. The second kappa shape index (κ2) is 8.57. The van der Waals surface area contributed by atoms with Crippen LogP contribution in [0.15, 0.2) is 18.2 Å². The van der Waals surface area contributed by atoms with Crippen molar-refractivity contribution in [2.75, 3.05) is 20.3 Å². The standard InChI is InChI=1S/C18H25NO5/c1-3-4-10-24-15-8-7-13(11-16(15)23-2)18(22)19-9-5-6-14(19)12-17(20)21/h7-8,11,14H,3-6,9-10,12H2,1-2H3,(H,20,21). The van der Waals surface area contributed by atoms with E-state index in [9.17, 15) is 9.59 Å². The lowest BCUT2D eigenvalue weighted by molar-refractivity contribution is -0.137. The van der Waals surface area contributed by atoms with Gasteiger partial charge in [-0.05, 0) is 37.5 Å². The van der Waals surface area contributed by atoms with Crippen LogP contribution in [0.2, 0.25) is 0 Å². The van der Waals surface area contributed by atoms with Gasteiger partial charge in [-0.25, -0.2) is 0 Å². The summed E-state index contributed by atoms with van der Waals surface area (Å²) in [7, 11) is 1.54. The number of carbonyl (C=O) groups is 2. The molecule has 1 unspecified atom stereocenters. The lowest BCUT2D eigenvalue weighted by atomic mass is 10.1. The van der Waals surface area contributed by atoms with Crippen molar-refractivity contribution in [3.8, 4) is 11.5 Å². The molecule has 1 amide bonds. The summed E-state index contributed by atoms with van der Waals surface area (Å²) in [4.78, 5) is 25.3. The molecule has 2 rings (SSSR count). The molecule has 1 aliphatic heterocycles. The first-order chi connectivity index (χ1) is 11.6. The molecule has 1 heterocycles. The number of unbranched alkanes of at least 4 members (excludes halogenated alkanes) is 1. The quantitative estimate of drug-likeness (QED) is 0.739. The van der Waals surface area contributed by atoms with Gasteiger partial charge in [0.15, 0.2) is 11.5 Å². The first-order valence-corrected chi connectivity index (χ1v) is 8.40. The number of carbonyl (C=O) groups excluding carboxylic acids is 1. The predicted molar refractivity (Wildman–Crippen MR) is 89.7 cm³/mol. The summed E-state index contributed by atoms with van der Waals surface area (Å²) in [6.07, 6.45) is 3.54. The molecular formula is C18H25NO5. The maximum absolute atomic E-state index is 12.7. The minimum atomic E-state index is -0.878. The summed E-state index contributed by atoms with van der Waals surface area (Å²) in [6, 6.07) is 4.88. The number of methoxy groups -OCH3 is 1. The maximum Gasteiger partial charge on any atom is 0.305 e. The van der Waals surface area contributed by atoms with E-state index < -0.39 is 5.97 Å². The molecule has 132 valence electrons. The van der Waals surface area contributed by atoms with E-state index in [2.05, 4.69) is 6.92 Å². The van der Waals surface area contributed by atoms with Gasteiger partial charge in [-0.2, -0.15) is 0 Å². The lowest BCUT2D eigenvalue weighted by Gasteiger charge is -2.24. The van der Waals surface area contributed by atoms with E-state index in [0.29, 0.717) is 30.2 Å². The van der Waals surface area contributed by atoms with Crippen LogP contribution in [0.5, 0.6) is 11.5 Å². The monoisotopic (exact) mass is 335 g/mol. The Morgan fingerprint density at radius 3 is 2.79 bits per heavy atom. The fraction of sp³-hybridized carbons (Fsp3) is 0.556. The number of ether oxygens (including phenoxy) is 2. The molecule has 0 bridgehead atoms. The summed E-state index contributed by atoms with van der Waals surface area (Å²) < 4.78 is 11.0. The van der Waals surface area contributed by atoms with Crippen LogP contribution in [0.3, 0.4) is 0 Å². The summed E-state index contributed by atoms with van der Waals surface area (Å²) >= 11 is 0. The van der Waals surface area contributed by atoms with Crippen molar-refractivity contribution >= 4 is 11.9 Å². The molecule has 1 aromatic carbocycles. The Morgan fingerprint density at radius 1 is 1.33 bits per heavy atom. The Hall–Kier alpha value is -2.24. The van der Waals surface area contributed by atoms with E-state index in [1.54, 1.807) is 30.2 Å². The third-order valence-corrected chi connectivity index (χ3v) is 4.21. The van der Waals surface area contributed by atoms with E-state index in [4.69, 9.17) is 14.6 Å². The molecule has 24 heavy (non-hydrogen) atoms. The third-order valence-electron chi connectivity index (χ3n) is 4.21. The predicted octanol–water partition coefficient (Wildman–Crippen LogP) is 2.95. The fourth-order valence-corrected chi connectivity index (χ4v) is 2.93. The zero-order valence-corrected chi connectivity index (χ0v) is 14.3. The van der Waals surface area contributed by atoms with Crippen molar-refractivity contribution < 1.29 is 24.2 Å². The minimum Gasteiger partial charge on any atom is -0.493 e. The molecule has 1 atom stereocenters. The average molecular weight is 335 g/mol. The van der Waals surface area contributed by atoms with Crippen LogP contribution in [0.25, 0.3) is 0 Å². The SMILES string of the molecule is CCCCOc1ccc(C(=O)N2CCCC2CC(=O)O)cc1OC. The number of rotatable bonds is 8. The van der Waals surface area contributed by atoms with Crippen LogP contribution in [0, 0.1) is 0 Å². The van der Waals surface area contributed by atoms with Crippen LogP contribution >= 0.6 is 0 Å². The number of aliphatic carboxylic acids is 1. The molecule has 6 heteroatoms. The number of likely N-dealkylation sites (tertiary alicyclic amines) is 1. The normalized spacial score (nSPS) is 16.9. The second-order valence-corrected chi connectivity index (χ2v) is 5.96. The Labute approximate surface area is 142 Å². The summed E-state index contributed by atoms with van der Waals surface area (Å²) in [5.74, 6) is 0.103. The highest BCUT2D eigenvalue weighted by atomic mass is 16.5. The van der Waals surface area contributed by atoms with E-state index in [1.165, 1.54) is 0 Å². The minimum absolute atomic E-state index is 0.0128. The van der Waals surface area contributed by atoms with Crippen molar-refractivity contribution in [1.82, 2.24) is 4.90 Å². The molecule has 1 N–H and O–H groups in total. The number of carboxylic acid groups (broad SMARTS) is 1. The van der Waals surface area contributed by atoms with Crippen molar-refractivity contribution in [3.63, 3.8) is 0 Å². The third kappa shape index (κ3) is 4.40. The Balaban J connectivity index is 2.12. The average Bonchev–Trinajstić information content (AvgIpc) is 3.02. The molecule has 0 aliphatic carbocycles. The van der Waals surface area contributed by atoms with Gasteiger partial charge in [-0.3, -0.25) is 9.59 Å². The van der Waals surface area contributed by atoms with Crippen molar-refractivity contribution in [3.05, 3.63) is 23.8 Å². The number of amides is 1. The molecule has 1 fully saturated rings. The van der Waals surface area contributed by atoms with Crippen LogP contribution < -0.4 is 9.47 Å². The Kier molecular flexibility index (Phi) is 6.46. The van der Waals surface area contributed by atoms with E-state index in [1.807, 2.05) is 0 Å². The van der Waals surface area contributed by atoms with Gasteiger partial charge in [0.05, 0.1) is 20.1 Å². The molecule has 1 aromatic rings. The topological polar surface area (TPSA) is 76.1 Å². The molecule has 0 spiro atoms. The van der Waals surface area contributed by atoms with Gasteiger partial charge in [0.1, 0.15) is 0 Å². The number of carboxylic acids is 1. The van der Waals surface area contributed by atoms with Gasteiger partial charge in [-0.15, -0.1) is 0 Å². The number of hydrogen-bond acceptors (Lipinski definition) is 4. The molecule has 1 saturated heterocycles. The highest BCUT2D eigenvalue weighted by Crippen LogP contribution is 2.30. The van der Waals surface area contributed by atoms with Gasteiger partial charge in [-0.1, -0.05) is 13.3 Å². The summed E-state index contributed by atoms with van der Waals surface area (Å²) in [6.45, 7) is 3.28. The largest absolute Gasteiger partial charge is 0.493 e. The van der Waals surface area contributed by atoms with Crippen LogP contribution in [0.1, 0.15) is 49.4 Å². The Bertz CT molecular complexity index is 587. The van der Waals surface area contributed by atoms with Crippen molar-refractivity contribution in [1.29, 1.82) is 0 Å². The van der Waals surface area contributed by atoms with Gasteiger partial charge >= 0.3 is 5.97 Å². The molecule has 0 radical (unpaired) electrons. The zero-order valence-electron chi connectivity index (χ0n) is 14.3. The maximum atomic E-state index is 12.7. The smallest absolute Gasteiger partial charge is 0.305 e. The number of benzene rings is 1.